The number of nitrogens with zero attached hydrogens (tertiary/aromatic N) is 1. The summed E-state index contributed by atoms with van der Waals surface area (Å²) in [7, 11) is 0. The number of nitrogens with one attached hydrogen (secondary N) is 1. The standard InChI is InChI=1S/C10H13Br2N3/c1-6(2)14-10(13)15-9-4-3-7(11)5-8(9)12/h3-6H,1-2H3,(H3,13,14,15). The Morgan fingerprint density at radius 3 is 2.60 bits per heavy atom. The van der Waals surface area contributed by atoms with Crippen LogP contribution in [0.15, 0.2) is 32.1 Å². The van der Waals surface area contributed by atoms with Crippen LogP contribution in [0.3, 0.4) is 0 Å². The number of anilines is 1. The molecule has 0 unspecified atom stereocenters. The summed E-state index contributed by atoms with van der Waals surface area (Å²) in [6, 6.07) is 6.00. The smallest absolute Gasteiger partial charge is 0.193 e. The fourth-order valence-corrected chi connectivity index (χ4v) is 2.19. The lowest BCUT2D eigenvalue weighted by Crippen LogP contribution is -2.24. The molecule has 3 nitrogen and oxygen atoms in total. The number of guanidine groups is 1. The van der Waals surface area contributed by atoms with Gasteiger partial charge in [-0.15, -0.1) is 0 Å². The molecule has 0 aromatic heterocycles. The lowest BCUT2D eigenvalue weighted by atomic mass is 10.3. The third-order valence-corrected chi connectivity index (χ3v) is 2.74. The van der Waals surface area contributed by atoms with Gasteiger partial charge in [0.1, 0.15) is 0 Å². The molecule has 0 saturated carbocycles. The molecule has 3 N–H and O–H groups in total. The predicted octanol–water partition coefficient (Wildman–Crippen LogP) is 3.35. The van der Waals surface area contributed by atoms with Crippen LogP contribution in [0.25, 0.3) is 0 Å². The van der Waals surface area contributed by atoms with Crippen molar-refractivity contribution in [3.8, 4) is 0 Å². The molecule has 82 valence electrons. The second-order valence-corrected chi connectivity index (χ2v) is 5.13. The van der Waals surface area contributed by atoms with Crippen LogP contribution in [0.1, 0.15) is 13.8 Å². The molecule has 0 atom stereocenters. The number of nitrogens with two attached hydrogens (primary N) is 1. The van der Waals surface area contributed by atoms with E-state index < -0.39 is 0 Å². The van der Waals surface area contributed by atoms with Crippen LogP contribution in [0.5, 0.6) is 0 Å². The van der Waals surface area contributed by atoms with Crippen molar-refractivity contribution in [2.24, 2.45) is 10.7 Å². The average Bonchev–Trinajstić information content (AvgIpc) is 2.08. The molecule has 0 heterocycles. The molecule has 0 saturated heterocycles. The monoisotopic (exact) mass is 333 g/mol. The van der Waals surface area contributed by atoms with Gasteiger partial charge in [-0.25, -0.2) is 0 Å². The van der Waals surface area contributed by atoms with Gasteiger partial charge in [-0.2, -0.15) is 0 Å². The highest BCUT2D eigenvalue weighted by Gasteiger charge is 2.01. The maximum absolute atomic E-state index is 5.72. The first-order valence-electron chi connectivity index (χ1n) is 4.54. The van der Waals surface area contributed by atoms with E-state index in [1.807, 2.05) is 32.0 Å². The Bertz CT molecular complexity index is 375. The van der Waals surface area contributed by atoms with Gasteiger partial charge in [-0.3, -0.25) is 4.99 Å². The maximum Gasteiger partial charge on any atom is 0.193 e. The molecule has 0 aliphatic carbocycles. The summed E-state index contributed by atoms with van der Waals surface area (Å²) in [6.07, 6.45) is 0. The van der Waals surface area contributed by atoms with E-state index in [0.717, 1.165) is 14.6 Å². The molecule has 1 aromatic carbocycles. The van der Waals surface area contributed by atoms with Crippen LogP contribution >= 0.6 is 31.9 Å². The van der Waals surface area contributed by atoms with Crippen molar-refractivity contribution in [1.29, 1.82) is 0 Å². The summed E-state index contributed by atoms with van der Waals surface area (Å²) in [6.45, 7) is 3.95. The van der Waals surface area contributed by atoms with Crippen LogP contribution < -0.4 is 11.1 Å². The van der Waals surface area contributed by atoms with E-state index in [1.54, 1.807) is 0 Å². The summed E-state index contributed by atoms with van der Waals surface area (Å²) in [4.78, 5) is 4.19. The molecule has 0 fully saturated rings. The third kappa shape index (κ3) is 4.22. The highest BCUT2D eigenvalue weighted by atomic mass is 79.9. The van der Waals surface area contributed by atoms with Gasteiger partial charge in [0.25, 0.3) is 0 Å². The summed E-state index contributed by atoms with van der Waals surface area (Å²) >= 11 is 6.82. The fraction of sp³-hybridized carbons (Fsp3) is 0.300. The zero-order valence-corrected chi connectivity index (χ0v) is 11.8. The van der Waals surface area contributed by atoms with Crippen molar-refractivity contribution >= 4 is 43.5 Å². The molecule has 0 aliphatic heterocycles. The highest BCUT2D eigenvalue weighted by molar-refractivity contribution is 9.11. The van der Waals surface area contributed by atoms with E-state index in [9.17, 15) is 0 Å². The minimum atomic E-state index is 0.187. The predicted molar refractivity (Wildman–Crippen MR) is 72.2 cm³/mol. The van der Waals surface area contributed by atoms with E-state index in [2.05, 4.69) is 42.2 Å². The Kier molecular flexibility index (Phi) is 4.60. The van der Waals surface area contributed by atoms with Gasteiger partial charge in [0.15, 0.2) is 5.96 Å². The molecule has 1 rings (SSSR count). The van der Waals surface area contributed by atoms with E-state index in [4.69, 9.17) is 5.73 Å². The largest absolute Gasteiger partial charge is 0.370 e. The van der Waals surface area contributed by atoms with Crippen LogP contribution in [0.4, 0.5) is 5.69 Å². The molecule has 1 aromatic rings. The summed E-state index contributed by atoms with van der Waals surface area (Å²) in [5.41, 5.74) is 6.62. The Morgan fingerprint density at radius 1 is 1.40 bits per heavy atom. The van der Waals surface area contributed by atoms with Gasteiger partial charge < -0.3 is 11.1 Å². The molecular formula is C10H13Br2N3. The molecule has 0 spiro atoms. The lowest BCUT2D eigenvalue weighted by Gasteiger charge is -2.09. The van der Waals surface area contributed by atoms with Crippen molar-refractivity contribution < 1.29 is 0 Å². The Morgan fingerprint density at radius 2 is 2.07 bits per heavy atom. The lowest BCUT2D eigenvalue weighted by molar-refractivity contribution is 0.833. The average molecular weight is 335 g/mol. The quantitative estimate of drug-likeness (QED) is 0.643. The SMILES string of the molecule is CC(C)N=C(N)Nc1ccc(Br)cc1Br. The topological polar surface area (TPSA) is 50.4 Å². The van der Waals surface area contributed by atoms with Crippen molar-refractivity contribution in [2.45, 2.75) is 19.9 Å². The first-order valence-corrected chi connectivity index (χ1v) is 6.13. The van der Waals surface area contributed by atoms with Crippen molar-refractivity contribution in [3.63, 3.8) is 0 Å². The van der Waals surface area contributed by atoms with Crippen LogP contribution in [0, 0.1) is 0 Å². The van der Waals surface area contributed by atoms with Gasteiger partial charge >= 0.3 is 0 Å². The van der Waals surface area contributed by atoms with Gasteiger partial charge in [0, 0.05) is 15.0 Å². The van der Waals surface area contributed by atoms with Gasteiger partial charge in [0.05, 0.1) is 5.69 Å². The fourth-order valence-electron chi connectivity index (χ4n) is 1.04. The van der Waals surface area contributed by atoms with E-state index >= 15 is 0 Å². The second-order valence-electron chi connectivity index (χ2n) is 3.36. The molecule has 0 radical (unpaired) electrons. The highest BCUT2D eigenvalue weighted by Crippen LogP contribution is 2.25. The van der Waals surface area contributed by atoms with Gasteiger partial charge in [-0.1, -0.05) is 15.9 Å². The number of benzene rings is 1. The first kappa shape index (κ1) is 12.5. The zero-order valence-electron chi connectivity index (χ0n) is 8.59. The Balaban J connectivity index is 2.81. The molecular weight excluding hydrogens is 322 g/mol. The van der Waals surface area contributed by atoms with Crippen LogP contribution in [0.2, 0.25) is 0 Å². The third-order valence-electron chi connectivity index (χ3n) is 1.59. The number of rotatable bonds is 2. The number of halogens is 2. The normalized spacial score (nSPS) is 11.9. The minimum absolute atomic E-state index is 0.187. The maximum atomic E-state index is 5.72. The van der Waals surface area contributed by atoms with E-state index in [1.165, 1.54) is 0 Å². The molecule has 15 heavy (non-hydrogen) atoms. The zero-order chi connectivity index (χ0) is 11.4. The molecule has 0 aliphatic rings. The number of aliphatic imine (C=N–C) groups is 1. The van der Waals surface area contributed by atoms with E-state index in [0.29, 0.717) is 5.96 Å². The first-order chi connectivity index (χ1) is 6.99. The van der Waals surface area contributed by atoms with Gasteiger partial charge in [-0.05, 0) is 48.0 Å². The molecule has 0 bridgehead atoms. The number of hydrogen-bond acceptors (Lipinski definition) is 1. The van der Waals surface area contributed by atoms with Crippen LogP contribution in [-0.4, -0.2) is 12.0 Å². The van der Waals surface area contributed by atoms with Crippen LogP contribution in [-0.2, 0) is 0 Å². The minimum Gasteiger partial charge on any atom is -0.370 e. The van der Waals surface area contributed by atoms with Gasteiger partial charge in [0.2, 0.25) is 0 Å². The summed E-state index contributed by atoms with van der Waals surface area (Å²) in [5, 5.41) is 3.03. The molecule has 5 heteroatoms. The molecule has 0 amide bonds. The number of hydrogen-bond donors (Lipinski definition) is 2. The second kappa shape index (κ2) is 5.51. The Labute approximate surface area is 106 Å². The summed E-state index contributed by atoms with van der Waals surface area (Å²) in [5.74, 6) is 0.424. The summed E-state index contributed by atoms with van der Waals surface area (Å²) < 4.78 is 1.96. The van der Waals surface area contributed by atoms with Crippen molar-refractivity contribution in [1.82, 2.24) is 0 Å². The Hall–Kier alpha value is -0.550. The van der Waals surface area contributed by atoms with E-state index in [-0.39, 0.29) is 6.04 Å². The van der Waals surface area contributed by atoms with Crippen molar-refractivity contribution in [2.75, 3.05) is 5.32 Å². The van der Waals surface area contributed by atoms with Crippen molar-refractivity contribution in [3.05, 3.63) is 27.1 Å².